The van der Waals surface area contributed by atoms with E-state index in [-0.39, 0.29) is 6.61 Å². The summed E-state index contributed by atoms with van der Waals surface area (Å²) in [6.07, 6.45) is 0. The molecule has 1 amide bonds. The molecule has 0 aromatic carbocycles. The first kappa shape index (κ1) is 12.9. The van der Waals surface area contributed by atoms with Crippen LogP contribution >= 0.6 is 11.3 Å². The first-order valence-corrected chi connectivity index (χ1v) is 6.89. The lowest BCUT2D eigenvalue weighted by atomic mass is 10.3. The van der Waals surface area contributed by atoms with Crippen molar-refractivity contribution in [2.45, 2.75) is 10.3 Å². The molecule has 2 heterocycles. The maximum Gasteiger partial charge on any atom is 0.356 e. The number of hydroxylamine groups is 1. The highest BCUT2D eigenvalue weighted by Crippen LogP contribution is 2.20. The van der Waals surface area contributed by atoms with Gasteiger partial charge in [0.05, 0.1) is 5.51 Å². The SMILES string of the molecule is O=C(O)c1ncsc1S(=O)(=O)N[C@@H]1CONC1=O. The van der Waals surface area contributed by atoms with Crippen LogP contribution in [0, 0.1) is 0 Å². The highest BCUT2D eigenvalue weighted by Gasteiger charge is 2.33. The Bertz CT molecular complexity index is 594. The molecule has 9 nitrogen and oxygen atoms in total. The van der Waals surface area contributed by atoms with Gasteiger partial charge in [0.15, 0.2) is 9.90 Å². The Balaban J connectivity index is 2.28. The van der Waals surface area contributed by atoms with E-state index < -0.39 is 37.8 Å². The first-order valence-electron chi connectivity index (χ1n) is 4.52. The van der Waals surface area contributed by atoms with Gasteiger partial charge in [-0.15, -0.1) is 11.3 Å². The predicted molar refractivity (Wildman–Crippen MR) is 57.3 cm³/mol. The van der Waals surface area contributed by atoms with Crippen LogP contribution in [0.2, 0.25) is 0 Å². The van der Waals surface area contributed by atoms with Crippen LogP contribution in [-0.2, 0) is 19.7 Å². The van der Waals surface area contributed by atoms with Crippen molar-refractivity contribution in [1.82, 2.24) is 15.2 Å². The smallest absolute Gasteiger partial charge is 0.356 e. The molecule has 0 bridgehead atoms. The van der Waals surface area contributed by atoms with Gasteiger partial charge in [-0.1, -0.05) is 0 Å². The third-order valence-electron chi connectivity index (χ3n) is 2.02. The number of hydrogen-bond acceptors (Lipinski definition) is 7. The Morgan fingerprint density at radius 2 is 2.39 bits per heavy atom. The largest absolute Gasteiger partial charge is 0.476 e. The fraction of sp³-hybridized carbons (Fsp3) is 0.286. The van der Waals surface area contributed by atoms with Gasteiger partial charge in [0, 0.05) is 0 Å². The summed E-state index contributed by atoms with van der Waals surface area (Å²) in [5.41, 5.74) is 2.50. The zero-order valence-corrected chi connectivity index (χ0v) is 10.2. The van der Waals surface area contributed by atoms with Crippen molar-refractivity contribution in [2.75, 3.05) is 6.61 Å². The monoisotopic (exact) mass is 293 g/mol. The van der Waals surface area contributed by atoms with Crippen LogP contribution in [0.4, 0.5) is 0 Å². The van der Waals surface area contributed by atoms with Crippen molar-refractivity contribution in [1.29, 1.82) is 0 Å². The van der Waals surface area contributed by atoms with Gasteiger partial charge in [0.1, 0.15) is 12.6 Å². The number of carboxylic acid groups (broad SMARTS) is 1. The molecule has 0 unspecified atom stereocenters. The lowest BCUT2D eigenvalue weighted by Gasteiger charge is -2.07. The minimum atomic E-state index is -4.12. The van der Waals surface area contributed by atoms with Gasteiger partial charge >= 0.3 is 5.97 Å². The molecule has 18 heavy (non-hydrogen) atoms. The number of carboxylic acids is 1. The molecule has 1 aliphatic heterocycles. The summed E-state index contributed by atoms with van der Waals surface area (Å²) in [5, 5.41) is 8.78. The van der Waals surface area contributed by atoms with Crippen LogP contribution in [-0.4, -0.2) is 43.0 Å². The maximum absolute atomic E-state index is 11.9. The Kier molecular flexibility index (Phi) is 3.30. The van der Waals surface area contributed by atoms with E-state index in [1.54, 1.807) is 0 Å². The minimum absolute atomic E-state index is 0.167. The second-order valence-electron chi connectivity index (χ2n) is 3.24. The molecular weight excluding hydrogens is 286 g/mol. The van der Waals surface area contributed by atoms with E-state index >= 15 is 0 Å². The summed E-state index contributed by atoms with van der Waals surface area (Å²) in [7, 11) is -4.12. The third kappa shape index (κ3) is 2.33. The highest BCUT2D eigenvalue weighted by molar-refractivity contribution is 7.91. The van der Waals surface area contributed by atoms with E-state index in [4.69, 9.17) is 5.11 Å². The molecule has 1 fully saturated rings. The number of nitrogens with zero attached hydrogens (tertiary/aromatic N) is 1. The molecule has 0 saturated carbocycles. The summed E-state index contributed by atoms with van der Waals surface area (Å²) in [6, 6.07) is -1.08. The summed E-state index contributed by atoms with van der Waals surface area (Å²) < 4.78 is 25.4. The molecule has 11 heteroatoms. The normalized spacial score (nSPS) is 19.8. The number of hydrogen-bond donors (Lipinski definition) is 3. The molecule has 1 atom stereocenters. The average Bonchev–Trinajstić information content (AvgIpc) is 2.88. The summed E-state index contributed by atoms with van der Waals surface area (Å²) in [6.45, 7) is -0.167. The zero-order valence-electron chi connectivity index (χ0n) is 8.61. The van der Waals surface area contributed by atoms with Gasteiger partial charge in [-0.05, 0) is 0 Å². The van der Waals surface area contributed by atoms with Gasteiger partial charge in [-0.2, -0.15) is 4.72 Å². The molecule has 3 N–H and O–H groups in total. The molecular formula is C7H7N3O6S2. The fourth-order valence-electron chi connectivity index (χ4n) is 1.24. The van der Waals surface area contributed by atoms with Gasteiger partial charge in [0.2, 0.25) is 0 Å². The molecule has 1 aromatic rings. The average molecular weight is 293 g/mol. The van der Waals surface area contributed by atoms with E-state index in [1.807, 2.05) is 10.2 Å². The van der Waals surface area contributed by atoms with Crippen molar-refractivity contribution in [3.05, 3.63) is 11.2 Å². The molecule has 0 spiro atoms. The van der Waals surface area contributed by atoms with E-state index in [2.05, 4.69) is 9.82 Å². The zero-order chi connectivity index (χ0) is 13.3. The number of amides is 1. The molecule has 0 radical (unpaired) electrons. The Labute approximate surface area is 105 Å². The standard InChI is InChI=1S/C7H7N3O6S2/c11-5-3(1-16-9-5)10-18(14,15)7-4(6(12)13)8-2-17-7/h2-3,10H,1H2,(H,9,11)(H,12,13)/t3-/m1/s1. The number of carbonyl (C=O) groups excluding carboxylic acids is 1. The minimum Gasteiger partial charge on any atom is -0.476 e. The van der Waals surface area contributed by atoms with Crippen LogP contribution in [0.25, 0.3) is 0 Å². The van der Waals surface area contributed by atoms with Crippen molar-refractivity contribution < 1.29 is 28.0 Å². The fourth-order valence-corrected chi connectivity index (χ4v) is 3.58. The van der Waals surface area contributed by atoms with Crippen LogP contribution in [0.3, 0.4) is 0 Å². The van der Waals surface area contributed by atoms with Gasteiger partial charge in [0.25, 0.3) is 15.9 Å². The molecule has 1 aliphatic rings. The predicted octanol–water partition coefficient (Wildman–Crippen LogP) is -1.45. The van der Waals surface area contributed by atoms with Crippen molar-refractivity contribution in [2.24, 2.45) is 0 Å². The number of rotatable bonds is 4. The lowest BCUT2D eigenvalue weighted by molar-refractivity contribution is -0.124. The first-order chi connectivity index (χ1) is 8.42. The summed E-state index contributed by atoms with van der Waals surface area (Å²) >= 11 is 0.654. The van der Waals surface area contributed by atoms with Crippen LogP contribution in [0.1, 0.15) is 10.5 Å². The number of sulfonamides is 1. The van der Waals surface area contributed by atoms with Gasteiger partial charge in [-0.3, -0.25) is 9.63 Å². The number of aromatic carboxylic acids is 1. The molecule has 98 valence electrons. The van der Waals surface area contributed by atoms with E-state index in [0.717, 1.165) is 5.51 Å². The van der Waals surface area contributed by atoms with Gasteiger partial charge < -0.3 is 5.11 Å². The molecule has 1 aromatic heterocycles. The Hall–Kier alpha value is -1.56. The number of thiazole rings is 1. The number of carbonyl (C=O) groups is 2. The maximum atomic E-state index is 11.9. The second kappa shape index (κ2) is 4.61. The van der Waals surface area contributed by atoms with Gasteiger partial charge in [-0.25, -0.2) is 23.7 Å². The highest BCUT2D eigenvalue weighted by atomic mass is 32.2. The van der Waals surface area contributed by atoms with E-state index in [1.165, 1.54) is 0 Å². The van der Waals surface area contributed by atoms with Crippen LogP contribution < -0.4 is 10.2 Å². The van der Waals surface area contributed by atoms with Crippen LogP contribution in [0.15, 0.2) is 9.72 Å². The van der Waals surface area contributed by atoms with E-state index in [9.17, 15) is 18.0 Å². The molecule has 2 rings (SSSR count). The van der Waals surface area contributed by atoms with Crippen molar-refractivity contribution in [3.63, 3.8) is 0 Å². The summed E-state index contributed by atoms with van der Waals surface area (Å²) in [5.74, 6) is -2.09. The Morgan fingerprint density at radius 1 is 1.67 bits per heavy atom. The third-order valence-corrected chi connectivity index (χ3v) is 4.86. The lowest BCUT2D eigenvalue weighted by Crippen LogP contribution is -2.41. The summed E-state index contributed by atoms with van der Waals surface area (Å²) in [4.78, 5) is 29.9. The molecule has 1 saturated heterocycles. The Morgan fingerprint density at radius 3 is 2.94 bits per heavy atom. The molecule has 0 aliphatic carbocycles. The van der Waals surface area contributed by atoms with Crippen LogP contribution in [0.5, 0.6) is 0 Å². The quantitative estimate of drug-likeness (QED) is 0.618. The van der Waals surface area contributed by atoms with Crippen molar-refractivity contribution in [3.8, 4) is 0 Å². The van der Waals surface area contributed by atoms with E-state index in [0.29, 0.717) is 11.3 Å². The second-order valence-corrected chi connectivity index (χ2v) is 6.01. The number of aromatic nitrogens is 1. The number of nitrogens with one attached hydrogen (secondary N) is 2. The van der Waals surface area contributed by atoms with Crippen molar-refractivity contribution >= 4 is 33.2 Å². The topological polar surface area (TPSA) is 135 Å².